The van der Waals surface area contributed by atoms with Crippen molar-refractivity contribution < 1.29 is 8.95 Å². The number of nitrogens with zero attached hydrogens (tertiary/aromatic N) is 4. The van der Waals surface area contributed by atoms with Gasteiger partial charge in [-0.05, 0) is 106 Å². The van der Waals surface area contributed by atoms with E-state index in [9.17, 15) is 4.21 Å². The summed E-state index contributed by atoms with van der Waals surface area (Å²) in [6.07, 6.45) is 15.0. The third-order valence-corrected chi connectivity index (χ3v) is 12.3. The van der Waals surface area contributed by atoms with Crippen LogP contribution in [0.1, 0.15) is 82.8 Å². The minimum absolute atomic E-state index is 0.413. The summed E-state index contributed by atoms with van der Waals surface area (Å²) in [7, 11) is 0.583. The molecule has 0 bridgehead atoms. The summed E-state index contributed by atoms with van der Waals surface area (Å²) in [5, 5.41) is 0. The van der Waals surface area contributed by atoms with Gasteiger partial charge >= 0.3 is 0 Å². The zero-order valence-corrected chi connectivity index (χ0v) is 27.7. The van der Waals surface area contributed by atoms with Gasteiger partial charge in [0.15, 0.2) is 0 Å². The van der Waals surface area contributed by atoms with Crippen molar-refractivity contribution in [1.82, 2.24) is 13.6 Å². The van der Waals surface area contributed by atoms with Crippen LogP contribution >= 0.6 is 11.9 Å². The van der Waals surface area contributed by atoms with Gasteiger partial charge < -0.3 is 9.64 Å². The SMILES string of the molecule is CC.COc1cc(C)c(S(=O)N2CCCCC2CCCSN2CCC3(CC2)CCN(c2ccncc2)CC3)c(C)c1. The van der Waals surface area contributed by atoms with Crippen LogP contribution in [0.25, 0.3) is 0 Å². The van der Waals surface area contributed by atoms with Gasteiger partial charge in [-0.2, -0.15) is 0 Å². The van der Waals surface area contributed by atoms with Crippen molar-refractivity contribution in [2.45, 2.75) is 96.4 Å². The molecule has 8 heteroatoms. The van der Waals surface area contributed by atoms with Crippen molar-refractivity contribution in [2.24, 2.45) is 5.41 Å². The fraction of sp³-hybridized carbons (Fsp3) is 0.667. The summed E-state index contributed by atoms with van der Waals surface area (Å²) in [5.41, 5.74) is 4.00. The Balaban J connectivity index is 0.00000189. The average Bonchev–Trinajstić information content (AvgIpc) is 3.02. The van der Waals surface area contributed by atoms with Gasteiger partial charge in [-0.3, -0.25) is 9.29 Å². The third-order valence-electron chi connectivity index (χ3n) is 9.22. The van der Waals surface area contributed by atoms with Crippen LogP contribution in [0.5, 0.6) is 5.75 Å². The van der Waals surface area contributed by atoms with Gasteiger partial charge in [0, 0.05) is 62.6 Å². The quantitative estimate of drug-likeness (QED) is 0.221. The summed E-state index contributed by atoms with van der Waals surface area (Å²) in [6, 6.07) is 8.73. The maximum atomic E-state index is 13.8. The van der Waals surface area contributed by atoms with Crippen LogP contribution < -0.4 is 9.64 Å². The van der Waals surface area contributed by atoms with E-state index in [1.807, 2.05) is 38.4 Å². The summed E-state index contributed by atoms with van der Waals surface area (Å²) in [4.78, 5) is 7.68. The highest BCUT2D eigenvalue weighted by molar-refractivity contribution is 7.97. The number of aryl methyl sites for hydroxylation is 2. The lowest BCUT2D eigenvalue weighted by atomic mass is 9.71. The Morgan fingerprint density at radius 2 is 1.61 bits per heavy atom. The molecule has 1 spiro atoms. The predicted octanol–water partition coefficient (Wildman–Crippen LogP) is 7.42. The molecule has 3 aliphatic rings. The van der Waals surface area contributed by atoms with Crippen molar-refractivity contribution >= 4 is 28.6 Å². The number of anilines is 1. The van der Waals surface area contributed by atoms with Gasteiger partial charge in [-0.25, -0.2) is 8.51 Å². The normalized spacial score (nSPS) is 22.2. The Labute approximate surface area is 256 Å². The first-order valence-electron chi connectivity index (χ1n) is 15.8. The Kier molecular flexibility index (Phi) is 12.4. The fourth-order valence-corrected chi connectivity index (χ4v) is 9.47. The molecule has 2 atom stereocenters. The molecule has 6 nitrogen and oxygen atoms in total. The number of aromatic nitrogens is 1. The molecule has 3 aliphatic heterocycles. The molecule has 0 saturated carbocycles. The number of hydrogen-bond acceptors (Lipinski definition) is 6. The molecule has 228 valence electrons. The van der Waals surface area contributed by atoms with Crippen molar-refractivity contribution in [3.8, 4) is 5.75 Å². The second-order valence-electron chi connectivity index (χ2n) is 11.7. The molecule has 0 N–H and O–H groups in total. The van der Waals surface area contributed by atoms with Gasteiger partial charge in [0.25, 0.3) is 0 Å². The number of rotatable bonds is 9. The molecule has 3 saturated heterocycles. The second kappa shape index (κ2) is 15.7. The highest BCUT2D eigenvalue weighted by atomic mass is 32.2. The van der Waals surface area contributed by atoms with Gasteiger partial charge in [0.2, 0.25) is 0 Å². The lowest BCUT2D eigenvalue weighted by Crippen LogP contribution is -2.45. The monoisotopic (exact) mass is 600 g/mol. The molecule has 0 aliphatic carbocycles. The molecule has 0 amide bonds. The van der Waals surface area contributed by atoms with Crippen LogP contribution in [0.2, 0.25) is 0 Å². The van der Waals surface area contributed by atoms with Crippen LogP contribution in [0.15, 0.2) is 41.6 Å². The summed E-state index contributed by atoms with van der Waals surface area (Å²) < 4.78 is 24.1. The lowest BCUT2D eigenvalue weighted by Gasteiger charge is -2.47. The third kappa shape index (κ3) is 8.27. The first-order valence-corrected chi connectivity index (χ1v) is 17.9. The highest BCUT2D eigenvalue weighted by Gasteiger charge is 2.37. The standard InChI is InChI=1S/C31H46N4O2S2.C2H6/c1-25-23-29(37-3)24-26(2)30(25)39(36)35-17-5-4-7-28(35)8-6-22-38-34-20-13-31(14-21-34)11-18-33(19-12-31)27-9-15-32-16-10-27;1-2/h9-10,15-16,23-24,28H,4-8,11-14,17-22H2,1-3H3;1-2H3. The maximum Gasteiger partial charge on any atom is 0.128 e. The molecular formula is C33H52N4O2S2. The molecule has 41 heavy (non-hydrogen) atoms. The van der Waals surface area contributed by atoms with Crippen molar-refractivity contribution in [3.63, 3.8) is 0 Å². The maximum absolute atomic E-state index is 13.8. The Hall–Kier alpha value is -1.61. The minimum Gasteiger partial charge on any atom is -0.497 e. The molecule has 4 heterocycles. The van der Waals surface area contributed by atoms with E-state index in [0.717, 1.165) is 47.6 Å². The number of methoxy groups -OCH3 is 1. The van der Waals surface area contributed by atoms with Crippen LogP contribution in [0.3, 0.4) is 0 Å². The summed E-state index contributed by atoms with van der Waals surface area (Å²) in [6.45, 7) is 13.8. The first kappa shape index (κ1) is 32.3. The number of benzene rings is 1. The van der Waals surface area contributed by atoms with Gasteiger partial charge in [0.05, 0.1) is 12.0 Å². The van der Waals surface area contributed by atoms with E-state index in [1.54, 1.807) is 7.11 Å². The molecule has 5 rings (SSSR count). The van der Waals surface area contributed by atoms with E-state index in [0.29, 0.717) is 11.5 Å². The molecule has 2 unspecified atom stereocenters. The van der Waals surface area contributed by atoms with Crippen molar-refractivity contribution in [3.05, 3.63) is 47.8 Å². The van der Waals surface area contributed by atoms with Crippen LogP contribution in [-0.2, 0) is 11.0 Å². The van der Waals surface area contributed by atoms with Crippen molar-refractivity contribution in [2.75, 3.05) is 50.5 Å². The van der Waals surface area contributed by atoms with Crippen LogP contribution in [0, 0.1) is 19.3 Å². The van der Waals surface area contributed by atoms with E-state index in [1.165, 1.54) is 76.1 Å². The highest BCUT2D eigenvalue weighted by Crippen LogP contribution is 2.43. The summed E-state index contributed by atoms with van der Waals surface area (Å²) in [5.74, 6) is 2.01. The second-order valence-corrected chi connectivity index (χ2v) is 14.3. The van der Waals surface area contributed by atoms with Gasteiger partial charge in [-0.1, -0.05) is 32.2 Å². The molecule has 1 aromatic heterocycles. The number of pyridine rings is 1. The molecular weight excluding hydrogens is 549 g/mol. The Morgan fingerprint density at radius 1 is 0.976 bits per heavy atom. The zero-order chi connectivity index (χ0) is 29.2. The zero-order valence-electron chi connectivity index (χ0n) is 26.1. The fourth-order valence-electron chi connectivity index (χ4n) is 6.80. The van der Waals surface area contributed by atoms with Gasteiger partial charge in [0.1, 0.15) is 16.7 Å². The minimum atomic E-state index is -1.11. The smallest absolute Gasteiger partial charge is 0.128 e. The lowest BCUT2D eigenvalue weighted by molar-refractivity contribution is 0.124. The number of ether oxygens (including phenoxy) is 1. The largest absolute Gasteiger partial charge is 0.497 e. The Morgan fingerprint density at radius 3 is 2.24 bits per heavy atom. The number of hydrogen-bond donors (Lipinski definition) is 0. The van der Waals surface area contributed by atoms with E-state index in [4.69, 9.17) is 4.74 Å². The Bertz CT molecular complexity index is 1070. The molecule has 0 radical (unpaired) electrons. The molecule has 1 aromatic carbocycles. The van der Waals surface area contributed by atoms with E-state index < -0.39 is 11.0 Å². The van der Waals surface area contributed by atoms with E-state index in [2.05, 4.69) is 56.4 Å². The van der Waals surface area contributed by atoms with E-state index >= 15 is 0 Å². The van der Waals surface area contributed by atoms with Crippen LogP contribution in [0.4, 0.5) is 5.69 Å². The average molecular weight is 601 g/mol. The van der Waals surface area contributed by atoms with E-state index in [-0.39, 0.29) is 0 Å². The molecule has 3 fully saturated rings. The number of piperidine rings is 3. The predicted molar refractivity (Wildman–Crippen MR) is 175 cm³/mol. The molecule has 2 aromatic rings. The summed E-state index contributed by atoms with van der Waals surface area (Å²) >= 11 is 2.05. The topological polar surface area (TPSA) is 48.9 Å². The van der Waals surface area contributed by atoms with Gasteiger partial charge in [-0.15, -0.1) is 0 Å². The van der Waals surface area contributed by atoms with Crippen LogP contribution in [-0.4, -0.2) is 69.4 Å². The van der Waals surface area contributed by atoms with Crippen molar-refractivity contribution in [1.29, 1.82) is 0 Å². The first-order chi connectivity index (χ1) is 20.0.